The maximum atomic E-state index is 13.3. The lowest BCUT2D eigenvalue weighted by Gasteiger charge is -2.35. The number of benzene rings is 2. The van der Waals surface area contributed by atoms with Crippen molar-refractivity contribution in [1.29, 1.82) is 0 Å². The van der Waals surface area contributed by atoms with E-state index in [1.807, 2.05) is 37.3 Å². The first-order valence-electron chi connectivity index (χ1n) is 12.4. The molecule has 0 spiro atoms. The molecule has 0 saturated carbocycles. The van der Waals surface area contributed by atoms with Gasteiger partial charge in [-0.05, 0) is 43.4 Å². The SMILES string of the molecule is Cc1ccc(S(=O)(=O)N[C@@H](C(=O)N2CCC(C(=O)N[C@@H](Cc3ccccc3)C(=O)O)CC2)C(C)C)cc1. The van der Waals surface area contributed by atoms with E-state index in [1.165, 1.54) is 12.1 Å². The number of piperidine rings is 1. The maximum absolute atomic E-state index is 13.3. The van der Waals surface area contributed by atoms with Crippen molar-refractivity contribution in [3.63, 3.8) is 0 Å². The molecule has 0 aromatic heterocycles. The number of nitrogens with zero attached hydrogens (tertiary/aromatic N) is 1. The lowest BCUT2D eigenvalue weighted by molar-refractivity contribution is -0.143. The number of carbonyl (C=O) groups is 3. The van der Waals surface area contributed by atoms with E-state index in [-0.39, 0.29) is 42.1 Å². The van der Waals surface area contributed by atoms with Crippen molar-refractivity contribution in [1.82, 2.24) is 14.9 Å². The number of rotatable bonds is 10. The van der Waals surface area contributed by atoms with Crippen molar-refractivity contribution in [3.8, 4) is 0 Å². The number of aryl methyl sites for hydroxylation is 1. The van der Waals surface area contributed by atoms with Gasteiger partial charge in [0.25, 0.3) is 0 Å². The number of amides is 2. The van der Waals surface area contributed by atoms with Gasteiger partial charge in [-0.15, -0.1) is 0 Å². The minimum atomic E-state index is -3.89. The molecule has 37 heavy (non-hydrogen) atoms. The molecule has 1 saturated heterocycles. The summed E-state index contributed by atoms with van der Waals surface area (Å²) in [5.74, 6) is -2.51. The van der Waals surface area contributed by atoms with Crippen LogP contribution in [0.1, 0.15) is 37.8 Å². The Balaban J connectivity index is 1.59. The summed E-state index contributed by atoms with van der Waals surface area (Å²) in [6.45, 7) is 5.98. The Kier molecular flexibility index (Phi) is 9.45. The molecular weight excluding hydrogens is 494 g/mol. The molecule has 2 aromatic carbocycles. The van der Waals surface area contributed by atoms with Crippen LogP contribution in [0.25, 0.3) is 0 Å². The zero-order valence-electron chi connectivity index (χ0n) is 21.4. The normalized spacial score (nSPS) is 16.3. The van der Waals surface area contributed by atoms with Crippen LogP contribution in [-0.4, -0.2) is 61.4 Å². The topological polar surface area (TPSA) is 133 Å². The highest BCUT2D eigenvalue weighted by Gasteiger charge is 2.35. The summed E-state index contributed by atoms with van der Waals surface area (Å²) >= 11 is 0. The van der Waals surface area contributed by atoms with Crippen LogP contribution in [0.15, 0.2) is 59.5 Å². The standard InChI is InChI=1S/C27H35N3O6S/c1-18(2)24(29-37(35,36)22-11-9-19(3)10-12-22)26(32)30-15-13-21(14-16-30)25(31)28-23(27(33)34)17-20-7-5-4-6-8-20/h4-12,18,21,23-24,29H,13-17H2,1-3H3,(H,28,31)(H,33,34)/t23-,24+/m0/s1. The van der Waals surface area contributed by atoms with Gasteiger partial charge in [0.2, 0.25) is 21.8 Å². The molecule has 9 nitrogen and oxygen atoms in total. The number of sulfonamides is 1. The van der Waals surface area contributed by atoms with Crippen LogP contribution < -0.4 is 10.0 Å². The van der Waals surface area contributed by atoms with Crippen LogP contribution in [0.2, 0.25) is 0 Å². The lowest BCUT2D eigenvalue weighted by Crippen LogP contribution is -2.54. The third-order valence-electron chi connectivity index (χ3n) is 6.62. The van der Waals surface area contributed by atoms with Crippen molar-refractivity contribution in [2.24, 2.45) is 11.8 Å². The van der Waals surface area contributed by atoms with Crippen molar-refractivity contribution >= 4 is 27.8 Å². The molecule has 10 heteroatoms. The van der Waals surface area contributed by atoms with E-state index in [4.69, 9.17) is 0 Å². The van der Waals surface area contributed by atoms with Crippen LogP contribution >= 0.6 is 0 Å². The summed E-state index contributed by atoms with van der Waals surface area (Å²) in [5, 5.41) is 12.2. The molecule has 3 rings (SSSR count). The van der Waals surface area contributed by atoms with E-state index >= 15 is 0 Å². The van der Waals surface area contributed by atoms with Gasteiger partial charge in [0.1, 0.15) is 12.1 Å². The fourth-order valence-corrected chi connectivity index (χ4v) is 5.66. The number of nitrogens with one attached hydrogen (secondary N) is 2. The van der Waals surface area contributed by atoms with Gasteiger partial charge in [0.15, 0.2) is 0 Å². The molecule has 2 atom stereocenters. The average Bonchev–Trinajstić information content (AvgIpc) is 2.87. The van der Waals surface area contributed by atoms with E-state index < -0.39 is 34.0 Å². The molecule has 0 radical (unpaired) electrons. The molecule has 0 aliphatic carbocycles. The second-order valence-electron chi connectivity index (χ2n) is 9.84. The Bertz CT molecular complexity index is 1190. The van der Waals surface area contributed by atoms with Crippen LogP contribution in [0, 0.1) is 18.8 Å². The zero-order chi connectivity index (χ0) is 27.2. The minimum absolute atomic E-state index is 0.0930. The summed E-state index contributed by atoms with van der Waals surface area (Å²) in [4.78, 5) is 39.5. The zero-order valence-corrected chi connectivity index (χ0v) is 22.2. The predicted molar refractivity (Wildman–Crippen MR) is 139 cm³/mol. The number of carbonyl (C=O) groups excluding carboxylic acids is 2. The molecule has 1 aliphatic heterocycles. The van der Waals surface area contributed by atoms with Gasteiger partial charge in [-0.2, -0.15) is 4.72 Å². The van der Waals surface area contributed by atoms with Crippen molar-refractivity contribution in [3.05, 3.63) is 65.7 Å². The molecule has 200 valence electrons. The quantitative estimate of drug-likeness (QED) is 0.433. The molecule has 2 aromatic rings. The molecule has 3 N–H and O–H groups in total. The van der Waals surface area contributed by atoms with Crippen molar-refractivity contribution in [2.45, 2.75) is 57.0 Å². The Morgan fingerprint density at radius 1 is 1.00 bits per heavy atom. The molecule has 2 amide bonds. The minimum Gasteiger partial charge on any atom is -0.480 e. The highest BCUT2D eigenvalue weighted by atomic mass is 32.2. The lowest BCUT2D eigenvalue weighted by atomic mass is 9.94. The van der Waals surface area contributed by atoms with E-state index in [0.717, 1.165) is 11.1 Å². The monoisotopic (exact) mass is 529 g/mol. The van der Waals surface area contributed by atoms with Gasteiger partial charge < -0.3 is 15.3 Å². The third kappa shape index (κ3) is 7.62. The Hall–Kier alpha value is -3.24. The first-order valence-corrected chi connectivity index (χ1v) is 13.9. The van der Waals surface area contributed by atoms with Gasteiger partial charge in [0.05, 0.1) is 4.90 Å². The van der Waals surface area contributed by atoms with E-state index in [1.54, 1.807) is 30.9 Å². The summed E-state index contributed by atoms with van der Waals surface area (Å²) in [6.07, 6.45) is 0.909. The Morgan fingerprint density at radius 2 is 1.59 bits per heavy atom. The molecule has 0 bridgehead atoms. The van der Waals surface area contributed by atoms with Crippen molar-refractivity contribution in [2.75, 3.05) is 13.1 Å². The van der Waals surface area contributed by atoms with E-state index in [2.05, 4.69) is 10.0 Å². The molecule has 1 aliphatic rings. The molecular formula is C27H35N3O6S. The average molecular weight is 530 g/mol. The summed E-state index contributed by atoms with van der Waals surface area (Å²) < 4.78 is 28.3. The van der Waals surface area contributed by atoms with Gasteiger partial charge in [-0.3, -0.25) is 9.59 Å². The van der Waals surface area contributed by atoms with Gasteiger partial charge in [-0.1, -0.05) is 61.9 Å². The van der Waals surface area contributed by atoms with Crippen LogP contribution in [0.3, 0.4) is 0 Å². The number of carboxylic acids is 1. The molecule has 0 unspecified atom stereocenters. The van der Waals surface area contributed by atoms with Crippen LogP contribution in [-0.2, 0) is 30.8 Å². The Labute approximate surface area is 218 Å². The number of carboxylic acid groups (broad SMARTS) is 1. The fourth-order valence-electron chi connectivity index (χ4n) is 4.32. The second kappa shape index (κ2) is 12.3. The predicted octanol–water partition coefficient (Wildman–Crippen LogP) is 2.35. The van der Waals surface area contributed by atoms with E-state index in [9.17, 15) is 27.9 Å². The highest BCUT2D eigenvalue weighted by Crippen LogP contribution is 2.21. The summed E-state index contributed by atoms with van der Waals surface area (Å²) in [7, 11) is -3.89. The smallest absolute Gasteiger partial charge is 0.326 e. The fraction of sp³-hybridized carbons (Fsp3) is 0.444. The maximum Gasteiger partial charge on any atom is 0.326 e. The van der Waals surface area contributed by atoms with Gasteiger partial charge in [0, 0.05) is 25.4 Å². The summed E-state index contributed by atoms with van der Waals surface area (Å²) in [5.41, 5.74) is 1.74. The Morgan fingerprint density at radius 3 is 2.14 bits per heavy atom. The third-order valence-corrected chi connectivity index (χ3v) is 8.08. The van der Waals surface area contributed by atoms with Gasteiger partial charge in [-0.25, -0.2) is 13.2 Å². The number of aliphatic carboxylic acids is 1. The number of likely N-dealkylation sites (tertiary alicyclic amines) is 1. The highest BCUT2D eigenvalue weighted by molar-refractivity contribution is 7.89. The van der Waals surface area contributed by atoms with Crippen LogP contribution in [0.5, 0.6) is 0 Å². The van der Waals surface area contributed by atoms with Gasteiger partial charge >= 0.3 is 5.97 Å². The second-order valence-corrected chi connectivity index (χ2v) is 11.6. The first kappa shape index (κ1) is 28.3. The number of hydrogen-bond donors (Lipinski definition) is 3. The van der Waals surface area contributed by atoms with Crippen molar-refractivity contribution < 1.29 is 27.9 Å². The van der Waals surface area contributed by atoms with Crippen LogP contribution in [0.4, 0.5) is 0 Å². The first-order chi connectivity index (χ1) is 17.5. The summed E-state index contributed by atoms with van der Waals surface area (Å²) in [6, 6.07) is 13.5. The largest absolute Gasteiger partial charge is 0.480 e. The van der Waals surface area contributed by atoms with E-state index in [0.29, 0.717) is 12.8 Å². The molecule has 1 fully saturated rings. The number of hydrogen-bond acceptors (Lipinski definition) is 5. The molecule has 1 heterocycles.